The van der Waals surface area contributed by atoms with Crippen LogP contribution in [-0.2, 0) is 16.0 Å². The van der Waals surface area contributed by atoms with Crippen molar-refractivity contribution in [2.45, 2.75) is 32.2 Å². The second-order valence-electron chi connectivity index (χ2n) is 6.70. The van der Waals surface area contributed by atoms with Gasteiger partial charge in [-0.2, -0.15) is 0 Å². The van der Waals surface area contributed by atoms with Crippen molar-refractivity contribution < 1.29 is 9.53 Å². The molecule has 25 heavy (non-hydrogen) atoms. The normalized spacial score (nSPS) is 16.2. The van der Waals surface area contributed by atoms with Gasteiger partial charge in [-0.1, -0.05) is 24.3 Å². The van der Waals surface area contributed by atoms with Crippen LogP contribution in [0.4, 0.5) is 0 Å². The summed E-state index contributed by atoms with van der Waals surface area (Å²) in [6, 6.07) is 10.5. The lowest BCUT2D eigenvalue weighted by molar-refractivity contribution is -0.126. The zero-order valence-corrected chi connectivity index (χ0v) is 14.9. The number of rotatable bonds is 8. The summed E-state index contributed by atoms with van der Waals surface area (Å²) in [5, 5.41) is 4.06. The standard InChI is InChI=1S/C20H27N3O2/c1-16(23-12-2-3-13-23)14-25-15-19(24)21-11-9-18-7-4-6-17-8-5-10-22-20(17)18/h4-8,10,16H,2-3,9,11-15H2,1H3,(H,21,24)/t16-/m1/s1. The fourth-order valence-electron chi connectivity index (χ4n) is 3.37. The highest BCUT2D eigenvalue weighted by atomic mass is 16.5. The molecule has 1 fully saturated rings. The van der Waals surface area contributed by atoms with Gasteiger partial charge in [-0.3, -0.25) is 14.7 Å². The van der Waals surface area contributed by atoms with Gasteiger partial charge in [-0.05, 0) is 50.9 Å². The quantitative estimate of drug-likeness (QED) is 0.801. The fourth-order valence-corrected chi connectivity index (χ4v) is 3.37. The molecule has 3 rings (SSSR count). The number of nitrogens with zero attached hydrogens (tertiary/aromatic N) is 2. The van der Waals surface area contributed by atoms with E-state index in [4.69, 9.17) is 4.74 Å². The Bertz CT molecular complexity index is 693. The third kappa shape index (κ3) is 5.00. The molecule has 1 atom stereocenters. The van der Waals surface area contributed by atoms with Crippen LogP contribution >= 0.6 is 0 Å². The maximum Gasteiger partial charge on any atom is 0.246 e. The molecule has 1 N–H and O–H groups in total. The Hall–Kier alpha value is -1.98. The van der Waals surface area contributed by atoms with Crippen molar-refractivity contribution in [3.8, 4) is 0 Å². The summed E-state index contributed by atoms with van der Waals surface area (Å²) in [4.78, 5) is 18.8. The van der Waals surface area contributed by atoms with E-state index in [0.717, 1.165) is 36.0 Å². The Balaban J connectivity index is 1.37. The molecule has 0 radical (unpaired) electrons. The molecule has 5 heteroatoms. The first-order chi connectivity index (χ1) is 12.2. The largest absolute Gasteiger partial charge is 0.370 e. The summed E-state index contributed by atoms with van der Waals surface area (Å²) in [5.41, 5.74) is 2.16. The van der Waals surface area contributed by atoms with Crippen molar-refractivity contribution in [2.75, 3.05) is 32.8 Å². The molecular formula is C20H27N3O2. The van der Waals surface area contributed by atoms with Crippen LogP contribution in [0, 0.1) is 0 Å². The zero-order chi connectivity index (χ0) is 17.5. The molecule has 0 spiro atoms. The number of benzene rings is 1. The minimum atomic E-state index is -0.0539. The van der Waals surface area contributed by atoms with Gasteiger partial charge in [0, 0.05) is 24.2 Å². The molecule has 1 aromatic heterocycles. The van der Waals surface area contributed by atoms with Gasteiger partial charge in [0.1, 0.15) is 6.61 Å². The molecule has 0 saturated carbocycles. The van der Waals surface area contributed by atoms with Crippen LogP contribution in [0.5, 0.6) is 0 Å². The second kappa shape index (κ2) is 8.92. The van der Waals surface area contributed by atoms with Gasteiger partial charge in [0.25, 0.3) is 0 Å². The predicted octanol–water partition coefficient (Wildman–Crippen LogP) is 2.39. The van der Waals surface area contributed by atoms with Gasteiger partial charge >= 0.3 is 0 Å². The lowest BCUT2D eigenvalue weighted by Crippen LogP contribution is -2.36. The number of hydrogen-bond donors (Lipinski definition) is 1. The smallest absolute Gasteiger partial charge is 0.246 e. The minimum absolute atomic E-state index is 0.0539. The van der Waals surface area contributed by atoms with E-state index >= 15 is 0 Å². The Kier molecular flexibility index (Phi) is 6.36. The lowest BCUT2D eigenvalue weighted by Gasteiger charge is -2.23. The molecule has 0 aliphatic carbocycles. The van der Waals surface area contributed by atoms with Crippen LogP contribution in [0.3, 0.4) is 0 Å². The summed E-state index contributed by atoms with van der Waals surface area (Å²) < 4.78 is 5.58. The molecule has 2 heterocycles. The van der Waals surface area contributed by atoms with Crippen LogP contribution in [0.15, 0.2) is 36.5 Å². The maximum atomic E-state index is 11.9. The molecule has 5 nitrogen and oxygen atoms in total. The number of para-hydroxylation sites is 1. The van der Waals surface area contributed by atoms with E-state index in [1.165, 1.54) is 12.8 Å². The third-order valence-electron chi connectivity index (χ3n) is 4.79. The molecule has 0 unspecified atom stereocenters. The molecule has 1 amide bonds. The number of amides is 1. The van der Waals surface area contributed by atoms with Gasteiger partial charge in [0.2, 0.25) is 5.91 Å². The highest BCUT2D eigenvalue weighted by molar-refractivity contribution is 5.81. The first kappa shape index (κ1) is 17.8. The van der Waals surface area contributed by atoms with Crippen LogP contribution in [0.2, 0.25) is 0 Å². The van der Waals surface area contributed by atoms with Crippen LogP contribution in [0.25, 0.3) is 10.9 Å². The zero-order valence-electron chi connectivity index (χ0n) is 14.9. The third-order valence-corrected chi connectivity index (χ3v) is 4.79. The monoisotopic (exact) mass is 341 g/mol. The Labute approximate surface area is 149 Å². The fraction of sp³-hybridized carbons (Fsp3) is 0.500. The maximum absolute atomic E-state index is 11.9. The minimum Gasteiger partial charge on any atom is -0.370 e. The van der Waals surface area contributed by atoms with Gasteiger partial charge < -0.3 is 10.1 Å². The number of hydrogen-bond acceptors (Lipinski definition) is 4. The molecule has 2 aromatic rings. The van der Waals surface area contributed by atoms with Crippen LogP contribution < -0.4 is 5.32 Å². The average Bonchev–Trinajstić information content (AvgIpc) is 3.17. The van der Waals surface area contributed by atoms with Gasteiger partial charge in [0.15, 0.2) is 0 Å². The molecule has 1 aliphatic heterocycles. The van der Waals surface area contributed by atoms with E-state index in [0.29, 0.717) is 19.2 Å². The van der Waals surface area contributed by atoms with Crippen molar-refractivity contribution in [3.05, 3.63) is 42.1 Å². The number of carbonyl (C=O) groups excluding carboxylic acids is 1. The summed E-state index contributed by atoms with van der Waals surface area (Å²) in [5.74, 6) is -0.0539. The molecule has 1 aromatic carbocycles. The molecule has 0 bridgehead atoms. The van der Waals surface area contributed by atoms with E-state index in [1.54, 1.807) is 6.20 Å². The molecule has 134 valence electrons. The van der Waals surface area contributed by atoms with Gasteiger partial charge in [-0.15, -0.1) is 0 Å². The number of pyridine rings is 1. The summed E-state index contributed by atoms with van der Waals surface area (Å²) in [6.45, 7) is 5.80. The Morgan fingerprint density at radius 2 is 2.08 bits per heavy atom. The first-order valence-electron chi connectivity index (χ1n) is 9.15. The Morgan fingerprint density at radius 3 is 2.92 bits per heavy atom. The van der Waals surface area contributed by atoms with E-state index in [1.807, 2.05) is 12.1 Å². The predicted molar refractivity (Wildman–Crippen MR) is 99.5 cm³/mol. The summed E-state index contributed by atoms with van der Waals surface area (Å²) in [7, 11) is 0. The van der Waals surface area contributed by atoms with Crippen molar-refractivity contribution >= 4 is 16.8 Å². The summed E-state index contributed by atoms with van der Waals surface area (Å²) >= 11 is 0. The van der Waals surface area contributed by atoms with E-state index in [2.05, 4.69) is 40.3 Å². The number of likely N-dealkylation sites (tertiary alicyclic amines) is 1. The molecular weight excluding hydrogens is 314 g/mol. The topological polar surface area (TPSA) is 54.5 Å². The van der Waals surface area contributed by atoms with Crippen LogP contribution in [-0.4, -0.2) is 54.7 Å². The molecule has 1 saturated heterocycles. The van der Waals surface area contributed by atoms with Gasteiger partial charge in [0.05, 0.1) is 12.1 Å². The van der Waals surface area contributed by atoms with Crippen molar-refractivity contribution in [1.29, 1.82) is 0 Å². The van der Waals surface area contributed by atoms with Crippen molar-refractivity contribution in [1.82, 2.24) is 15.2 Å². The van der Waals surface area contributed by atoms with E-state index in [9.17, 15) is 4.79 Å². The number of nitrogens with one attached hydrogen (secondary N) is 1. The first-order valence-corrected chi connectivity index (χ1v) is 9.15. The summed E-state index contributed by atoms with van der Waals surface area (Å²) in [6.07, 6.45) is 5.12. The highest BCUT2D eigenvalue weighted by Gasteiger charge is 2.18. The van der Waals surface area contributed by atoms with Gasteiger partial charge in [-0.25, -0.2) is 0 Å². The van der Waals surface area contributed by atoms with E-state index < -0.39 is 0 Å². The molecule has 1 aliphatic rings. The SMILES string of the molecule is C[C@H](COCC(=O)NCCc1cccc2cccnc12)N1CCCC1. The number of aromatic nitrogens is 1. The average molecular weight is 341 g/mol. The highest BCUT2D eigenvalue weighted by Crippen LogP contribution is 2.16. The second-order valence-corrected chi connectivity index (χ2v) is 6.70. The lowest BCUT2D eigenvalue weighted by atomic mass is 10.1. The number of carbonyl (C=O) groups is 1. The number of ether oxygens (including phenoxy) is 1. The van der Waals surface area contributed by atoms with E-state index in [-0.39, 0.29) is 12.5 Å². The Morgan fingerprint density at radius 1 is 1.28 bits per heavy atom. The van der Waals surface area contributed by atoms with Crippen LogP contribution in [0.1, 0.15) is 25.3 Å². The van der Waals surface area contributed by atoms with Crippen molar-refractivity contribution in [2.24, 2.45) is 0 Å². The number of fused-ring (bicyclic) bond motifs is 1. The van der Waals surface area contributed by atoms with Crippen molar-refractivity contribution in [3.63, 3.8) is 0 Å².